The summed E-state index contributed by atoms with van der Waals surface area (Å²) >= 11 is 0. The summed E-state index contributed by atoms with van der Waals surface area (Å²) in [6, 6.07) is 5.71. The fourth-order valence-electron chi connectivity index (χ4n) is 2.70. The normalized spacial score (nSPS) is 13.0. The van der Waals surface area contributed by atoms with E-state index < -0.39 is 11.9 Å². The molecule has 0 saturated carbocycles. The van der Waals surface area contributed by atoms with Crippen molar-refractivity contribution in [3.8, 4) is 11.5 Å². The van der Waals surface area contributed by atoms with Crippen LogP contribution in [0.1, 0.15) is 17.3 Å². The van der Waals surface area contributed by atoms with Crippen molar-refractivity contribution in [2.45, 2.75) is 12.2 Å². The van der Waals surface area contributed by atoms with E-state index in [0.29, 0.717) is 6.54 Å². The lowest BCUT2D eigenvalue weighted by Crippen LogP contribution is -2.27. The highest BCUT2D eigenvalue weighted by Crippen LogP contribution is 2.30. The van der Waals surface area contributed by atoms with Gasteiger partial charge >= 0.3 is 6.18 Å². The first-order chi connectivity index (χ1) is 13.2. The lowest BCUT2D eigenvalue weighted by Gasteiger charge is -2.24. The molecule has 0 fully saturated rings. The number of nitrogens with zero attached hydrogens (tertiary/aromatic N) is 6. The number of hydrogen-bond acceptors (Lipinski definition) is 6. The molecular weight excluding hydrogens is 371 g/mol. The molecule has 0 bridgehead atoms. The number of nitrogens with one attached hydrogen (secondary N) is 1. The lowest BCUT2D eigenvalue weighted by molar-refractivity contribution is -0.141. The summed E-state index contributed by atoms with van der Waals surface area (Å²) in [5.74, 6) is -0.000533. The Hall–Kier alpha value is -3.01. The molecule has 0 aliphatic rings. The summed E-state index contributed by atoms with van der Waals surface area (Å²) in [5, 5.41) is 7.15. The van der Waals surface area contributed by atoms with Crippen molar-refractivity contribution in [3.05, 3.63) is 54.1 Å². The molecule has 0 aromatic carbocycles. The maximum atomic E-state index is 13.3. The van der Waals surface area contributed by atoms with Gasteiger partial charge in [0, 0.05) is 37.6 Å². The van der Waals surface area contributed by atoms with E-state index in [9.17, 15) is 13.2 Å². The highest BCUT2D eigenvalue weighted by molar-refractivity contribution is 5.53. The van der Waals surface area contributed by atoms with E-state index in [1.165, 1.54) is 6.20 Å². The molecule has 0 aliphatic heterocycles. The van der Waals surface area contributed by atoms with Crippen LogP contribution in [-0.2, 0) is 13.2 Å². The van der Waals surface area contributed by atoms with E-state index in [-0.39, 0.29) is 23.4 Å². The van der Waals surface area contributed by atoms with Gasteiger partial charge in [-0.2, -0.15) is 18.3 Å². The number of pyridine rings is 1. The van der Waals surface area contributed by atoms with Crippen molar-refractivity contribution in [2.75, 3.05) is 26.0 Å². The Balaban J connectivity index is 1.90. The van der Waals surface area contributed by atoms with E-state index in [1.54, 1.807) is 29.1 Å². The Kier molecular flexibility index (Phi) is 5.59. The molecular formula is C18H20F3N7. The highest BCUT2D eigenvalue weighted by atomic mass is 19.4. The Morgan fingerprint density at radius 3 is 2.57 bits per heavy atom. The van der Waals surface area contributed by atoms with E-state index in [4.69, 9.17) is 0 Å². The number of likely N-dealkylation sites (N-methyl/N-ethyl adjacent to an activating group) is 1. The standard InChI is InChI=1S/C18H20F3N7/c1-27(2)14(12-9-24-28(3)11-12)10-23-16-8-15(18(19,20)21)25-17(26-16)13-6-4-5-7-22-13/h4-9,11,14H,10H2,1-3H3,(H,23,25,26). The SMILES string of the molecule is CN(C)C(CNc1cc(C(F)(F)F)nc(-c2ccccn2)n1)c1cnn(C)c1. The second kappa shape index (κ2) is 7.93. The molecule has 3 aromatic heterocycles. The van der Waals surface area contributed by atoms with E-state index >= 15 is 0 Å². The third-order valence-electron chi connectivity index (χ3n) is 4.12. The molecule has 1 atom stereocenters. The zero-order valence-corrected chi connectivity index (χ0v) is 15.6. The molecule has 0 amide bonds. The van der Waals surface area contributed by atoms with Crippen LogP contribution >= 0.6 is 0 Å². The van der Waals surface area contributed by atoms with Gasteiger partial charge in [-0.15, -0.1) is 0 Å². The Morgan fingerprint density at radius 1 is 1.21 bits per heavy atom. The minimum absolute atomic E-state index is 0.0821. The molecule has 10 heteroatoms. The van der Waals surface area contributed by atoms with Crippen LogP contribution in [0.3, 0.4) is 0 Å². The smallest absolute Gasteiger partial charge is 0.368 e. The predicted molar refractivity (Wildman–Crippen MR) is 98.4 cm³/mol. The van der Waals surface area contributed by atoms with E-state index in [2.05, 4.69) is 25.4 Å². The minimum Gasteiger partial charge on any atom is -0.368 e. The van der Waals surface area contributed by atoms with Gasteiger partial charge in [0.2, 0.25) is 0 Å². The largest absolute Gasteiger partial charge is 0.433 e. The van der Waals surface area contributed by atoms with Gasteiger partial charge in [0.15, 0.2) is 11.5 Å². The fraction of sp³-hybridized carbons (Fsp3) is 0.333. The van der Waals surface area contributed by atoms with Crippen molar-refractivity contribution >= 4 is 5.82 Å². The second-order valence-corrected chi connectivity index (χ2v) is 6.48. The number of rotatable bonds is 6. The summed E-state index contributed by atoms with van der Waals surface area (Å²) in [4.78, 5) is 13.9. The number of aromatic nitrogens is 5. The number of hydrogen-bond donors (Lipinski definition) is 1. The fourth-order valence-corrected chi connectivity index (χ4v) is 2.70. The number of alkyl halides is 3. The zero-order chi connectivity index (χ0) is 20.3. The van der Waals surface area contributed by atoms with Crippen molar-refractivity contribution in [3.63, 3.8) is 0 Å². The summed E-state index contributed by atoms with van der Waals surface area (Å²) in [7, 11) is 5.59. The Morgan fingerprint density at radius 2 is 2.00 bits per heavy atom. The minimum atomic E-state index is -4.59. The quantitative estimate of drug-likeness (QED) is 0.697. The average molecular weight is 391 g/mol. The molecule has 7 nitrogen and oxygen atoms in total. The highest BCUT2D eigenvalue weighted by Gasteiger charge is 2.34. The van der Waals surface area contributed by atoms with Crippen LogP contribution < -0.4 is 5.32 Å². The van der Waals surface area contributed by atoms with Crippen molar-refractivity contribution in [1.82, 2.24) is 29.6 Å². The maximum Gasteiger partial charge on any atom is 0.433 e. The average Bonchev–Trinajstić information content (AvgIpc) is 3.07. The topological polar surface area (TPSA) is 71.8 Å². The molecule has 28 heavy (non-hydrogen) atoms. The summed E-state index contributed by atoms with van der Waals surface area (Å²) < 4.78 is 41.6. The van der Waals surface area contributed by atoms with Gasteiger partial charge in [-0.3, -0.25) is 9.67 Å². The van der Waals surface area contributed by atoms with Crippen LogP contribution in [0.5, 0.6) is 0 Å². The van der Waals surface area contributed by atoms with Gasteiger partial charge in [0.05, 0.1) is 12.2 Å². The van der Waals surface area contributed by atoms with Crippen LogP contribution in [0.2, 0.25) is 0 Å². The first kappa shape index (κ1) is 19.7. The summed E-state index contributed by atoms with van der Waals surface area (Å²) in [5.41, 5.74) is 0.191. The molecule has 0 radical (unpaired) electrons. The third kappa shape index (κ3) is 4.63. The summed E-state index contributed by atoms with van der Waals surface area (Å²) in [6.45, 7) is 0.342. The Labute approximate surface area is 160 Å². The number of aryl methyl sites for hydroxylation is 1. The molecule has 1 N–H and O–H groups in total. The predicted octanol–water partition coefficient (Wildman–Crippen LogP) is 3.01. The maximum absolute atomic E-state index is 13.3. The first-order valence-corrected chi connectivity index (χ1v) is 8.50. The third-order valence-corrected chi connectivity index (χ3v) is 4.12. The molecule has 0 saturated heterocycles. The molecule has 148 valence electrons. The van der Waals surface area contributed by atoms with E-state index in [1.807, 2.05) is 32.2 Å². The van der Waals surface area contributed by atoms with Crippen LogP contribution in [-0.4, -0.2) is 50.3 Å². The van der Waals surface area contributed by atoms with Crippen LogP contribution in [0.4, 0.5) is 19.0 Å². The van der Waals surface area contributed by atoms with Crippen molar-refractivity contribution in [2.24, 2.45) is 7.05 Å². The van der Waals surface area contributed by atoms with E-state index in [0.717, 1.165) is 11.6 Å². The second-order valence-electron chi connectivity index (χ2n) is 6.48. The van der Waals surface area contributed by atoms with Crippen LogP contribution in [0.15, 0.2) is 42.9 Å². The molecule has 3 rings (SSSR count). The summed E-state index contributed by atoms with van der Waals surface area (Å²) in [6.07, 6.45) is 0.489. The van der Waals surface area contributed by atoms with Gasteiger partial charge < -0.3 is 10.2 Å². The van der Waals surface area contributed by atoms with Gasteiger partial charge in [-0.1, -0.05) is 6.07 Å². The Bertz CT molecular complexity index is 922. The van der Waals surface area contributed by atoms with Crippen molar-refractivity contribution < 1.29 is 13.2 Å². The van der Waals surface area contributed by atoms with Gasteiger partial charge in [0.25, 0.3) is 0 Å². The molecule has 1 unspecified atom stereocenters. The van der Waals surface area contributed by atoms with Gasteiger partial charge in [0.1, 0.15) is 11.5 Å². The van der Waals surface area contributed by atoms with Crippen LogP contribution in [0, 0.1) is 0 Å². The van der Waals surface area contributed by atoms with Crippen molar-refractivity contribution in [1.29, 1.82) is 0 Å². The molecule has 0 spiro atoms. The van der Waals surface area contributed by atoms with Gasteiger partial charge in [-0.05, 0) is 26.2 Å². The number of halogens is 3. The molecule has 3 aromatic rings. The first-order valence-electron chi connectivity index (χ1n) is 8.50. The van der Waals surface area contributed by atoms with Gasteiger partial charge in [-0.25, -0.2) is 9.97 Å². The monoisotopic (exact) mass is 391 g/mol. The molecule has 0 aliphatic carbocycles. The number of anilines is 1. The molecule has 3 heterocycles. The zero-order valence-electron chi connectivity index (χ0n) is 15.6. The lowest BCUT2D eigenvalue weighted by atomic mass is 10.1. The van der Waals surface area contributed by atoms with Crippen LogP contribution in [0.25, 0.3) is 11.5 Å².